The molecule has 0 saturated carbocycles. The Morgan fingerprint density at radius 1 is 1.50 bits per heavy atom. The van der Waals surface area contributed by atoms with E-state index in [0.29, 0.717) is 0 Å². The van der Waals surface area contributed by atoms with Crippen molar-refractivity contribution in [2.24, 2.45) is 0 Å². The number of nitrogens with zero attached hydrogens (tertiary/aromatic N) is 1. The van der Waals surface area contributed by atoms with Crippen LogP contribution in [0.4, 0.5) is 0 Å². The predicted molar refractivity (Wildman–Crippen MR) is 77.0 cm³/mol. The first-order valence-corrected chi connectivity index (χ1v) is 8.85. The number of aromatic carboxylic acids is 1. The second-order valence-corrected chi connectivity index (χ2v) is 7.91. The molecule has 0 spiro atoms. The zero-order valence-corrected chi connectivity index (χ0v) is 12.9. The summed E-state index contributed by atoms with van der Waals surface area (Å²) in [4.78, 5) is 14.9. The van der Waals surface area contributed by atoms with Crippen molar-refractivity contribution in [1.82, 2.24) is 9.71 Å². The van der Waals surface area contributed by atoms with Gasteiger partial charge in [-0.25, -0.2) is 22.9 Å². The van der Waals surface area contributed by atoms with E-state index < -0.39 is 16.0 Å². The summed E-state index contributed by atoms with van der Waals surface area (Å²) < 4.78 is 26.5. The van der Waals surface area contributed by atoms with Crippen LogP contribution in [0.2, 0.25) is 0 Å². The lowest BCUT2D eigenvalue weighted by Crippen LogP contribution is -2.27. The molecule has 20 heavy (non-hydrogen) atoms. The van der Waals surface area contributed by atoms with Gasteiger partial charge in [-0.3, -0.25) is 0 Å². The number of carboxylic acid groups (broad SMARTS) is 1. The van der Waals surface area contributed by atoms with E-state index >= 15 is 0 Å². The van der Waals surface area contributed by atoms with Crippen LogP contribution < -0.4 is 4.72 Å². The van der Waals surface area contributed by atoms with Crippen LogP contribution in [-0.2, 0) is 10.0 Å². The van der Waals surface area contributed by atoms with E-state index in [2.05, 4.69) is 9.71 Å². The van der Waals surface area contributed by atoms with Gasteiger partial charge in [-0.15, -0.1) is 22.7 Å². The van der Waals surface area contributed by atoms with Crippen LogP contribution in [0.5, 0.6) is 0 Å². The summed E-state index contributed by atoms with van der Waals surface area (Å²) in [6.07, 6.45) is 1.67. The largest absolute Gasteiger partial charge is 0.478 e. The number of thiophene rings is 1. The van der Waals surface area contributed by atoms with E-state index in [1.165, 1.54) is 16.7 Å². The third-order valence-corrected chi connectivity index (χ3v) is 6.41. The molecular weight excluding hydrogens is 320 g/mol. The van der Waals surface area contributed by atoms with Gasteiger partial charge < -0.3 is 5.11 Å². The van der Waals surface area contributed by atoms with E-state index in [4.69, 9.17) is 5.11 Å². The van der Waals surface area contributed by atoms with Gasteiger partial charge in [-0.2, -0.15) is 0 Å². The molecule has 0 radical (unpaired) electrons. The molecule has 0 amide bonds. The van der Waals surface area contributed by atoms with Crippen molar-refractivity contribution in [2.45, 2.75) is 17.1 Å². The summed E-state index contributed by atoms with van der Waals surface area (Å²) in [7, 11) is -3.68. The minimum atomic E-state index is -3.68. The summed E-state index contributed by atoms with van der Waals surface area (Å²) in [5.41, 5.74) is -0.0247. The molecule has 0 aliphatic heterocycles. The molecule has 0 aliphatic carbocycles. The molecule has 0 aromatic carbocycles. The van der Waals surface area contributed by atoms with Crippen LogP contribution in [0.3, 0.4) is 0 Å². The van der Waals surface area contributed by atoms with Crippen LogP contribution in [0.25, 0.3) is 0 Å². The molecule has 0 bridgehead atoms. The van der Waals surface area contributed by atoms with Gasteiger partial charge in [0.25, 0.3) is 0 Å². The lowest BCUT2D eigenvalue weighted by atomic mass is 10.2. The first-order chi connectivity index (χ1) is 9.40. The number of nitrogens with one attached hydrogen (secondary N) is 1. The van der Waals surface area contributed by atoms with Gasteiger partial charge in [0, 0.05) is 29.4 Å². The fourth-order valence-electron chi connectivity index (χ4n) is 1.44. The highest BCUT2D eigenvalue weighted by Crippen LogP contribution is 2.21. The molecule has 1 unspecified atom stereocenters. The zero-order chi connectivity index (χ0) is 14.8. The number of carboxylic acids is 1. The Labute approximate surface area is 124 Å². The fraction of sp³-hybridized carbons (Fsp3) is 0.273. The molecule has 2 rings (SSSR count). The normalized spacial score (nSPS) is 13.2. The third-order valence-electron chi connectivity index (χ3n) is 2.54. The first-order valence-electron chi connectivity index (χ1n) is 5.61. The summed E-state index contributed by atoms with van der Waals surface area (Å²) in [5, 5.41) is 12.8. The van der Waals surface area contributed by atoms with Crippen LogP contribution in [0.15, 0.2) is 27.2 Å². The monoisotopic (exact) mass is 332 g/mol. The van der Waals surface area contributed by atoms with Crippen molar-refractivity contribution >= 4 is 38.7 Å². The molecule has 6 nitrogen and oxygen atoms in total. The Bertz CT molecular complexity index is 691. The highest BCUT2D eigenvalue weighted by molar-refractivity contribution is 7.91. The van der Waals surface area contributed by atoms with Crippen LogP contribution in [0.1, 0.15) is 28.2 Å². The summed E-state index contributed by atoms with van der Waals surface area (Å²) in [6, 6.07) is 1.16. The number of aromatic nitrogens is 1. The lowest BCUT2D eigenvalue weighted by molar-refractivity contribution is 0.0697. The molecule has 0 aliphatic rings. The smallest absolute Gasteiger partial charge is 0.336 e. The van der Waals surface area contributed by atoms with E-state index in [0.717, 1.165) is 22.4 Å². The number of sulfonamides is 1. The van der Waals surface area contributed by atoms with Gasteiger partial charge >= 0.3 is 5.97 Å². The second kappa shape index (κ2) is 6.00. The van der Waals surface area contributed by atoms with Gasteiger partial charge in [0.05, 0.1) is 10.6 Å². The molecule has 2 heterocycles. The number of thiazole rings is 1. The molecular formula is C11H12N2O4S3. The van der Waals surface area contributed by atoms with Gasteiger partial charge in [-0.05, 0) is 6.07 Å². The van der Waals surface area contributed by atoms with Crippen molar-refractivity contribution in [2.75, 3.05) is 6.54 Å². The van der Waals surface area contributed by atoms with Gasteiger partial charge in [-0.1, -0.05) is 6.92 Å². The van der Waals surface area contributed by atoms with E-state index in [1.807, 2.05) is 12.3 Å². The van der Waals surface area contributed by atoms with Crippen molar-refractivity contribution in [1.29, 1.82) is 0 Å². The minimum absolute atomic E-state index is 0.00115. The number of hydrogen-bond acceptors (Lipinski definition) is 6. The predicted octanol–water partition coefficient (Wildman–Crippen LogP) is 1.98. The highest BCUT2D eigenvalue weighted by Gasteiger charge is 2.20. The van der Waals surface area contributed by atoms with E-state index in [9.17, 15) is 13.2 Å². The van der Waals surface area contributed by atoms with Crippen LogP contribution in [0, 0.1) is 0 Å². The standard InChI is InChI=1S/C11H12N2O4S3/c1-7(10-12-2-3-18-10)5-13-20(16,17)9-4-8(6-19-9)11(14)15/h2-4,6-7,13H,5H2,1H3,(H,14,15). The highest BCUT2D eigenvalue weighted by atomic mass is 32.2. The number of hydrogen-bond donors (Lipinski definition) is 2. The molecule has 1 atom stereocenters. The second-order valence-electron chi connectivity index (χ2n) is 4.08. The van der Waals surface area contributed by atoms with E-state index in [1.54, 1.807) is 6.20 Å². The van der Waals surface area contributed by atoms with Crippen molar-refractivity contribution in [3.05, 3.63) is 33.6 Å². The molecule has 0 fully saturated rings. The Balaban J connectivity index is 2.05. The van der Waals surface area contributed by atoms with Crippen LogP contribution in [-0.4, -0.2) is 31.0 Å². The Morgan fingerprint density at radius 3 is 2.80 bits per heavy atom. The number of rotatable bonds is 6. The molecule has 108 valence electrons. The fourth-order valence-corrected chi connectivity index (χ4v) is 4.47. The van der Waals surface area contributed by atoms with E-state index in [-0.39, 0.29) is 22.2 Å². The maximum absolute atomic E-state index is 12.0. The van der Waals surface area contributed by atoms with Gasteiger partial charge in [0.15, 0.2) is 0 Å². The Morgan fingerprint density at radius 2 is 2.25 bits per heavy atom. The van der Waals surface area contributed by atoms with Crippen LogP contribution >= 0.6 is 22.7 Å². The summed E-state index contributed by atoms with van der Waals surface area (Å²) in [6.45, 7) is 2.09. The lowest BCUT2D eigenvalue weighted by Gasteiger charge is -2.09. The molecule has 2 N–H and O–H groups in total. The maximum atomic E-state index is 12.0. The average Bonchev–Trinajstić information content (AvgIpc) is 3.06. The van der Waals surface area contributed by atoms with Gasteiger partial charge in [0.2, 0.25) is 10.0 Å². The number of carbonyl (C=O) groups is 1. The SMILES string of the molecule is CC(CNS(=O)(=O)c1cc(C(=O)O)cs1)c1nccs1. The first kappa shape index (κ1) is 15.1. The molecule has 2 aromatic rings. The average molecular weight is 332 g/mol. The molecule has 2 aromatic heterocycles. The quantitative estimate of drug-likeness (QED) is 0.843. The minimum Gasteiger partial charge on any atom is -0.478 e. The molecule has 9 heteroatoms. The van der Waals surface area contributed by atoms with Crippen molar-refractivity contribution < 1.29 is 18.3 Å². The topological polar surface area (TPSA) is 96.4 Å². The Hall–Kier alpha value is -1.29. The zero-order valence-electron chi connectivity index (χ0n) is 10.4. The van der Waals surface area contributed by atoms with Gasteiger partial charge in [0.1, 0.15) is 4.21 Å². The van der Waals surface area contributed by atoms with Crippen molar-refractivity contribution in [3.63, 3.8) is 0 Å². The Kier molecular flexibility index (Phi) is 4.53. The van der Waals surface area contributed by atoms with Crippen molar-refractivity contribution in [3.8, 4) is 0 Å². The molecule has 0 saturated heterocycles. The third kappa shape index (κ3) is 3.42. The summed E-state index contributed by atoms with van der Waals surface area (Å²) in [5.74, 6) is -1.18. The maximum Gasteiger partial charge on any atom is 0.336 e. The summed E-state index contributed by atoms with van der Waals surface area (Å²) >= 11 is 2.35.